The average molecular weight is 509 g/mol. The van der Waals surface area contributed by atoms with E-state index in [0.29, 0.717) is 47.7 Å². The van der Waals surface area contributed by atoms with Crippen molar-refractivity contribution < 1.29 is 19.1 Å². The molecule has 0 spiro atoms. The minimum Gasteiger partial charge on any atom is -0.490 e. The first-order valence-electron chi connectivity index (χ1n) is 11.7. The molecule has 2 aromatic rings. The van der Waals surface area contributed by atoms with Gasteiger partial charge in [-0.3, -0.25) is 9.59 Å². The number of amides is 2. The highest BCUT2D eigenvalue weighted by atomic mass is 35.5. The second-order valence-electron chi connectivity index (χ2n) is 7.88. The monoisotopic (exact) mass is 508 g/mol. The fourth-order valence-electron chi connectivity index (χ4n) is 3.46. The Hall–Kier alpha value is -2.44. The normalized spacial score (nSPS) is 11.6. The fourth-order valence-corrected chi connectivity index (χ4v) is 3.78. The third-order valence-corrected chi connectivity index (χ3v) is 6.03. The zero-order valence-electron chi connectivity index (χ0n) is 20.3. The van der Waals surface area contributed by atoms with E-state index in [1.807, 2.05) is 45.0 Å². The van der Waals surface area contributed by atoms with Crippen molar-refractivity contribution in [2.45, 2.75) is 59.5 Å². The highest BCUT2D eigenvalue weighted by molar-refractivity contribution is 6.42. The van der Waals surface area contributed by atoms with Crippen LogP contribution in [-0.4, -0.2) is 42.5 Å². The minimum atomic E-state index is -0.632. The van der Waals surface area contributed by atoms with Gasteiger partial charge in [-0.05, 0) is 69.0 Å². The van der Waals surface area contributed by atoms with Crippen LogP contribution in [0.2, 0.25) is 10.0 Å². The molecule has 6 nitrogen and oxygen atoms in total. The van der Waals surface area contributed by atoms with E-state index in [1.54, 1.807) is 24.0 Å². The van der Waals surface area contributed by atoms with Crippen molar-refractivity contribution in [3.63, 3.8) is 0 Å². The number of rotatable bonds is 13. The summed E-state index contributed by atoms with van der Waals surface area (Å²) in [4.78, 5) is 27.6. The average Bonchev–Trinajstić information content (AvgIpc) is 2.82. The van der Waals surface area contributed by atoms with Crippen LogP contribution in [0.3, 0.4) is 0 Å². The first kappa shape index (κ1) is 27.8. The fraction of sp³-hybridized carbons (Fsp3) is 0.462. The number of benzene rings is 2. The molecule has 1 atom stereocenters. The molecule has 8 heteroatoms. The van der Waals surface area contributed by atoms with Crippen LogP contribution in [0.25, 0.3) is 0 Å². The summed E-state index contributed by atoms with van der Waals surface area (Å²) in [5.74, 6) is 1.03. The molecule has 34 heavy (non-hydrogen) atoms. The van der Waals surface area contributed by atoms with Gasteiger partial charge in [0.1, 0.15) is 6.04 Å². The lowest BCUT2D eigenvalue weighted by atomic mass is 10.1. The van der Waals surface area contributed by atoms with Crippen molar-refractivity contribution in [3.8, 4) is 11.5 Å². The maximum atomic E-state index is 13.3. The SMILES string of the molecule is CCCNC(=O)C(C)N(Cc1ccc(Cl)c(Cl)c1)C(=O)CCc1ccc(OCC)c(OCC)c1. The van der Waals surface area contributed by atoms with Gasteiger partial charge in [0.15, 0.2) is 11.5 Å². The molecule has 0 heterocycles. The molecule has 0 aliphatic carbocycles. The van der Waals surface area contributed by atoms with E-state index < -0.39 is 6.04 Å². The van der Waals surface area contributed by atoms with Gasteiger partial charge in [0.2, 0.25) is 11.8 Å². The molecule has 2 aromatic carbocycles. The maximum absolute atomic E-state index is 13.3. The molecule has 2 rings (SSSR count). The lowest BCUT2D eigenvalue weighted by molar-refractivity contribution is -0.140. The van der Waals surface area contributed by atoms with Gasteiger partial charge in [-0.15, -0.1) is 0 Å². The lowest BCUT2D eigenvalue weighted by Crippen LogP contribution is -2.47. The van der Waals surface area contributed by atoms with Crippen LogP contribution in [0.1, 0.15) is 51.7 Å². The summed E-state index contributed by atoms with van der Waals surface area (Å²) in [5.41, 5.74) is 1.76. The van der Waals surface area contributed by atoms with E-state index in [4.69, 9.17) is 32.7 Å². The number of carbonyl (C=O) groups excluding carboxylic acids is 2. The highest BCUT2D eigenvalue weighted by Gasteiger charge is 2.26. The van der Waals surface area contributed by atoms with Gasteiger partial charge in [0.05, 0.1) is 23.3 Å². The van der Waals surface area contributed by atoms with E-state index in [9.17, 15) is 9.59 Å². The molecular formula is C26H34Cl2N2O4. The molecular weight excluding hydrogens is 475 g/mol. The molecule has 1 unspecified atom stereocenters. The van der Waals surface area contributed by atoms with Crippen LogP contribution in [0.4, 0.5) is 0 Å². The molecule has 0 aliphatic heterocycles. The van der Waals surface area contributed by atoms with Gasteiger partial charge in [0, 0.05) is 19.5 Å². The third kappa shape index (κ3) is 8.10. The Morgan fingerprint density at radius 3 is 2.26 bits per heavy atom. The van der Waals surface area contributed by atoms with Crippen LogP contribution in [0.5, 0.6) is 11.5 Å². The summed E-state index contributed by atoms with van der Waals surface area (Å²) in [7, 11) is 0. The number of nitrogens with zero attached hydrogens (tertiary/aromatic N) is 1. The molecule has 1 N–H and O–H groups in total. The number of ether oxygens (including phenoxy) is 2. The Morgan fingerprint density at radius 2 is 1.62 bits per heavy atom. The quantitative estimate of drug-likeness (QED) is 0.378. The molecule has 0 aliphatic rings. The number of carbonyl (C=O) groups is 2. The van der Waals surface area contributed by atoms with Gasteiger partial charge >= 0.3 is 0 Å². The van der Waals surface area contributed by atoms with Crippen molar-refractivity contribution in [1.29, 1.82) is 0 Å². The van der Waals surface area contributed by atoms with Gasteiger partial charge < -0.3 is 19.7 Å². The maximum Gasteiger partial charge on any atom is 0.242 e. The molecule has 0 fully saturated rings. The van der Waals surface area contributed by atoms with E-state index in [-0.39, 0.29) is 24.8 Å². The molecule has 0 aromatic heterocycles. The van der Waals surface area contributed by atoms with Crippen LogP contribution in [0.15, 0.2) is 36.4 Å². The van der Waals surface area contributed by atoms with Gasteiger partial charge in [-0.2, -0.15) is 0 Å². The van der Waals surface area contributed by atoms with Crippen molar-refractivity contribution in [3.05, 3.63) is 57.6 Å². The lowest BCUT2D eigenvalue weighted by Gasteiger charge is -2.29. The number of nitrogens with one attached hydrogen (secondary N) is 1. The topological polar surface area (TPSA) is 67.9 Å². The molecule has 0 radical (unpaired) electrons. The van der Waals surface area contributed by atoms with Crippen LogP contribution >= 0.6 is 23.2 Å². The first-order chi connectivity index (χ1) is 16.3. The summed E-state index contributed by atoms with van der Waals surface area (Å²) in [6.07, 6.45) is 1.57. The van der Waals surface area contributed by atoms with E-state index in [0.717, 1.165) is 17.5 Å². The number of halogens is 2. The molecule has 0 bridgehead atoms. The molecule has 0 saturated carbocycles. The summed E-state index contributed by atoms with van der Waals surface area (Å²) in [6.45, 7) is 9.43. The van der Waals surface area contributed by atoms with Crippen molar-refractivity contribution in [2.24, 2.45) is 0 Å². The Bertz CT molecular complexity index is 968. The second-order valence-corrected chi connectivity index (χ2v) is 8.70. The Kier molecular flexibility index (Phi) is 11.5. The van der Waals surface area contributed by atoms with Crippen LogP contribution in [-0.2, 0) is 22.6 Å². The summed E-state index contributed by atoms with van der Waals surface area (Å²) in [5, 5.41) is 3.73. The number of hydrogen-bond acceptors (Lipinski definition) is 4. The predicted molar refractivity (Wildman–Crippen MR) is 137 cm³/mol. The smallest absolute Gasteiger partial charge is 0.242 e. The van der Waals surface area contributed by atoms with Gasteiger partial charge in [0.25, 0.3) is 0 Å². The first-order valence-corrected chi connectivity index (χ1v) is 12.5. The van der Waals surface area contributed by atoms with Crippen molar-refractivity contribution in [2.75, 3.05) is 19.8 Å². The van der Waals surface area contributed by atoms with Crippen LogP contribution < -0.4 is 14.8 Å². The zero-order valence-corrected chi connectivity index (χ0v) is 21.8. The Morgan fingerprint density at radius 1 is 0.941 bits per heavy atom. The Balaban J connectivity index is 2.19. The van der Waals surface area contributed by atoms with E-state index >= 15 is 0 Å². The van der Waals surface area contributed by atoms with E-state index in [1.165, 1.54) is 0 Å². The number of aryl methyl sites for hydroxylation is 1. The number of hydrogen-bond donors (Lipinski definition) is 1. The predicted octanol–water partition coefficient (Wildman–Crippen LogP) is 5.67. The standard InChI is InChI=1S/C26H34Cl2N2O4/c1-5-14-29-26(32)18(4)30(17-20-8-11-21(27)22(28)15-20)25(31)13-10-19-9-12-23(33-6-2)24(16-19)34-7-3/h8-9,11-12,15-16,18H,5-7,10,13-14,17H2,1-4H3,(H,29,32). The van der Waals surface area contributed by atoms with E-state index in [2.05, 4.69) is 5.32 Å². The largest absolute Gasteiger partial charge is 0.490 e. The Labute approximate surface area is 212 Å². The summed E-state index contributed by atoms with van der Waals surface area (Å²) >= 11 is 12.2. The van der Waals surface area contributed by atoms with Gasteiger partial charge in [-0.1, -0.05) is 42.3 Å². The van der Waals surface area contributed by atoms with Crippen molar-refractivity contribution in [1.82, 2.24) is 10.2 Å². The second kappa shape index (κ2) is 14.1. The molecule has 2 amide bonds. The zero-order chi connectivity index (χ0) is 25.1. The minimum absolute atomic E-state index is 0.128. The van der Waals surface area contributed by atoms with Crippen LogP contribution in [0, 0.1) is 0 Å². The molecule has 186 valence electrons. The summed E-state index contributed by atoms with van der Waals surface area (Å²) < 4.78 is 11.3. The molecule has 0 saturated heterocycles. The highest BCUT2D eigenvalue weighted by Crippen LogP contribution is 2.29. The van der Waals surface area contributed by atoms with Gasteiger partial charge in [-0.25, -0.2) is 0 Å². The summed E-state index contributed by atoms with van der Waals surface area (Å²) in [6, 6.07) is 10.3. The van der Waals surface area contributed by atoms with Crippen molar-refractivity contribution >= 4 is 35.0 Å². The third-order valence-electron chi connectivity index (χ3n) is 5.29.